The van der Waals surface area contributed by atoms with Crippen LogP contribution in [-0.4, -0.2) is 41.0 Å². The van der Waals surface area contributed by atoms with Gasteiger partial charge in [0.1, 0.15) is 6.61 Å². The van der Waals surface area contributed by atoms with Crippen molar-refractivity contribution >= 4 is 19.8 Å². The third kappa shape index (κ3) is 36.6. The molecule has 1 atom stereocenters. The molecule has 0 aliphatic heterocycles. The zero-order chi connectivity index (χ0) is 35.4. The molecule has 0 bridgehead atoms. The summed E-state index contributed by atoms with van der Waals surface area (Å²) in [6.45, 7) is 3.50. The summed E-state index contributed by atoms with van der Waals surface area (Å²) in [6.07, 6.45) is 42.3. The summed E-state index contributed by atoms with van der Waals surface area (Å²) < 4.78 is 26.2. The van der Waals surface area contributed by atoms with E-state index in [1.807, 2.05) is 6.08 Å². The van der Waals surface area contributed by atoms with Gasteiger partial charge in [-0.1, -0.05) is 152 Å². The molecule has 0 saturated carbocycles. The zero-order valence-corrected chi connectivity index (χ0v) is 31.0. The Morgan fingerprint density at radius 1 is 0.562 bits per heavy atom. The fourth-order valence-corrected chi connectivity index (χ4v) is 5.18. The van der Waals surface area contributed by atoms with Crippen LogP contribution in [0.4, 0.5) is 0 Å². The minimum Gasteiger partial charge on any atom is -0.462 e. The van der Waals surface area contributed by atoms with Crippen LogP contribution in [0.5, 0.6) is 0 Å². The van der Waals surface area contributed by atoms with E-state index in [-0.39, 0.29) is 19.4 Å². The number of unbranched alkanes of at least 4 members (excludes halogenated alkanes) is 13. The Labute approximate surface area is 292 Å². The van der Waals surface area contributed by atoms with Crippen LogP contribution in [0.25, 0.3) is 0 Å². The summed E-state index contributed by atoms with van der Waals surface area (Å²) in [4.78, 5) is 42.6. The smallest absolute Gasteiger partial charge is 0.462 e. The van der Waals surface area contributed by atoms with E-state index >= 15 is 0 Å². The summed E-state index contributed by atoms with van der Waals surface area (Å²) >= 11 is 0. The Balaban J connectivity index is 4.08. The van der Waals surface area contributed by atoms with Crippen LogP contribution in [0.2, 0.25) is 0 Å². The number of phosphoric acid groups is 1. The van der Waals surface area contributed by atoms with Crippen LogP contribution in [0.1, 0.15) is 155 Å². The minimum atomic E-state index is -4.76. The SMILES string of the molecule is CC/C=C\C/C=C\C/C=C\C/C=C\C/C=C\CCCC(=O)OC[C@H](COP(=O)(O)O)OC(=O)CCCCCCCCCCCCCCC. The van der Waals surface area contributed by atoms with E-state index in [0.29, 0.717) is 12.8 Å². The largest absolute Gasteiger partial charge is 0.469 e. The minimum absolute atomic E-state index is 0.188. The molecule has 0 heterocycles. The molecule has 0 aliphatic carbocycles. The van der Waals surface area contributed by atoms with Crippen molar-refractivity contribution in [1.82, 2.24) is 0 Å². The molecule has 0 unspecified atom stereocenters. The average Bonchev–Trinajstić information content (AvgIpc) is 3.05. The number of esters is 2. The van der Waals surface area contributed by atoms with Crippen molar-refractivity contribution in [1.29, 1.82) is 0 Å². The fourth-order valence-electron chi connectivity index (χ4n) is 4.82. The summed E-state index contributed by atoms with van der Waals surface area (Å²) in [5.41, 5.74) is 0. The lowest BCUT2D eigenvalue weighted by Gasteiger charge is -2.18. The predicted molar refractivity (Wildman–Crippen MR) is 197 cm³/mol. The summed E-state index contributed by atoms with van der Waals surface area (Å²) in [7, 11) is -4.76. The molecule has 276 valence electrons. The highest BCUT2D eigenvalue weighted by Crippen LogP contribution is 2.36. The summed E-state index contributed by atoms with van der Waals surface area (Å²) in [5, 5.41) is 0. The van der Waals surface area contributed by atoms with E-state index in [1.165, 1.54) is 57.8 Å². The second-order valence-electron chi connectivity index (χ2n) is 12.2. The van der Waals surface area contributed by atoms with Gasteiger partial charge in [0, 0.05) is 12.8 Å². The van der Waals surface area contributed by atoms with E-state index in [9.17, 15) is 14.2 Å². The Morgan fingerprint density at radius 2 is 1.00 bits per heavy atom. The molecule has 0 aromatic rings. The first-order chi connectivity index (χ1) is 23.3. The lowest BCUT2D eigenvalue weighted by atomic mass is 10.0. The van der Waals surface area contributed by atoms with Crippen molar-refractivity contribution in [3.63, 3.8) is 0 Å². The van der Waals surface area contributed by atoms with Crippen LogP contribution in [0, 0.1) is 0 Å². The van der Waals surface area contributed by atoms with Crippen LogP contribution in [0.3, 0.4) is 0 Å². The highest BCUT2D eigenvalue weighted by molar-refractivity contribution is 7.46. The molecular weight excluding hydrogens is 627 g/mol. The predicted octanol–water partition coefficient (Wildman–Crippen LogP) is 11.0. The molecule has 0 aliphatic rings. The maximum Gasteiger partial charge on any atom is 0.469 e. The first-order valence-corrected chi connectivity index (χ1v) is 20.1. The van der Waals surface area contributed by atoms with Crippen molar-refractivity contribution in [3.8, 4) is 0 Å². The third-order valence-electron chi connectivity index (χ3n) is 7.55. The van der Waals surface area contributed by atoms with E-state index < -0.39 is 32.5 Å². The molecule has 0 radical (unpaired) electrons. The number of allylic oxidation sites excluding steroid dienone is 10. The van der Waals surface area contributed by atoms with Crippen LogP contribution < -0.4 is 0 Å². The molecule has 0 rings (SSSR count). The first kappa shape index (κ1) is 45.8. The monoisotopic (exact) mass is 694 g/mol. The topological polar surface area (TPSA) is 119 Å². The molecule has 0 aromatic carbocycles. The number of carbonyl (C=O) groups excluding carboxylic acids is 2. The van der Waals surface area contributed by atoms with Crippen LogP contribution >= 0.6 is 7.82 Å². The normalized spacial score (nSPS) is 13.2. The van der Waals surface area contributed by atoms with Crippen LogP contribution in [0.15, 0.2) is 60.8 Å². The van der Waals surface area contributed by atoms with E-state index in [4.69, 9.17) is 19.3 Å². The van der Waals surface area contributed by atoms with Crippen molar-refractivity contribution in [3.05, 3.63) is 60.8 Å². The molecular formula is C39H67O8P. The highest BCUT2D eigenvalue weighted by Gasteiger charge is 2.22. The number of hydrogen-bond donors (Lipinski definition) is 2. The van der Waals surface area contributed by atoms with Gasteiger partial charge in [-0.15, -0.1) is 0 Å². The zero-order valence-electron chi connectivity index (χ0n) is 30.1. The lowest BCUT2D eigenvalue weighted by molar-refractivity contribution is -0.161. The van der Waals surface area contributed by atoms with E-state index in [0.717, 1.165) is 57.8 Å². The molecule has 0 spiro atoms. The fraction of sp³-hybridized carbons (Fsp3) is 0.692. The van der Waals surface area contributed by atoms with Gasteiger partial charge in [-0.25, -0.2) is 4.57 Å². The molecule has 0 saturated heterocycles. The number of carbonyl (C=O) groups is 2. The molecule has 2 N–H and O–H groups in total. The number of rotatable bonds is 33. The van der Waals surface area contributed by atoms with Gasteiger partial charge in [-0.05, 0) is 51.4 Å². The Bertz CT molecular complexity index is 963. The van der Waals surface area contributed by atoms with Gasteiger partial charge in [-0.3, -0.25) is 14.1 Å². The lowest BCUT2D eigenvalue weighted by Crippen LogP contribution is -2.29. The molecule has 48 heavy (non-hydrogen) atoms. The second-order valence-corrected chi connectivity index (χ2v) is 13.4. The third-order valence-corrected chi connectivity index (χ3v) is 8.04. The van der Waals surface area contributed by atoms with Gasteiger partial charge in [0.05, 0.1) is 6.61 Å². The van der Waals surface area contributed by atoms with E-state index in [1.54, 1.807) is 0 Å². The Hall–Kier alpha value is -2.25. The van der Waals surface area contributed by atoms with Gasteiger partial charge in [-0.2, -0.15) is 0 Å². The van der Waals surface area contributed by atoms with Gasteiger partial charge in [0.25, 0.3) is 0 Å². The number of hydrogen-bond acceptors (Lipinski definition) is 6. The van der Waals surface area contributed by atoms with Gasteiger partial charge in [0.15, 0.2) is 6.10 Å². The summed E-state index contributed by atoms with van der Waals surface area (Å²) in [5.74, 6) is -0.956. The van der Waals surface area contributed by atoms with Crippen molar-refractivity contribution in [2.75, 3.05) is 13.2 Å². The molecule has 0 aromatic heterocycles. The number of ether oxygens (including phenoxy) is 2. The Morgan fingerprint density at radius 3 is 1.48 bits per heavy atom. The summed E-state index contributed by atoms with van der Waals surface area (Å²) in [6, 6.07) is 0. The molecule has 8 nitrogen and oxygen atoms in total. The van der Waals surface area contributed by atoms with Gasteiger partial charge < -0.3 is 19.3 Å². The van der Waals surface area contributed by atoms with Crippen LogP contribution in [-0.2, 0) is 28.2 Å². The van der Waals surface area contributed by atoms with Crippen molar-refractivity contribution < 1.29 is 37.9 Å². The average molecular weight is 695 g/mol. The van der Waals surface area contributed by atoms with Crippen molar-refractivity contribution in [2.45, 2.75) is 161 Å². The maximum absolute atomic E-state index is 12.3. The second kappa shape index (κ2) is 34.6. The van der Waals surface area contributed by atoms with Gasteiger partial charge in [0.2, 0.25) is 0 Å². The maximum atomic E-state index is 12.3. The quantitative estimate of drug-likeness (QED) is 0.0301. The standard InChI is InChI=1S/C39H67O8P/c1-3-5-7-9-11-13-15-17-18-19-20-22-23-25-27-29-31-33-38(40)45-35-37(36-46-48(42,43)44)47-39(41)34-32-30-28-26-24-21-16-14-12-10-8-6-4-2/h5,7,11,13,17-18,20,22,25,27,37H,3-4,6,8-10,12,14-16,19,21,23-24,26,28-36H2,1-2H3,(H2,42,43,44)/b7-5-,13-11-,18-17-,22-20-,27-25-/t37-/m1/s1. The number of phosphoric ester groups is 1. The molecule has 0 amide bonds. The van der Waals surface area contributed by atoms with Gasteiger partial charge >= 0.3 is 19.8 Å². The molecule has 0 fully saturated rings. The van der Waals surface area contributed by atoms with E-state index in [2.05, 4.69) is 73.1 Å². The first-order valence-electron chi connectivity index (χ1n) is 18.6. The molecule has 9 heteroatoms. The Kier molecular flexibility index (Phi) is 33.0. The highest BCUT2D eigenvalue weighted by atomic mass is 31.2. The van der Waals surface area contributed by atoms with Crippen molar-refractivity contribution in [2.24, 2.45) is 0 Å².